The summed E-state index contributed by atoms with van der Waals surface area (Å²) in [6, 6.07) is 12.0. The van der Waals surface area contributed by atoms with Crippen molar-refractivity contribution in [3.05, 3.63) is 81.6 Å². The van der Waals surface area contributed by atoms with Gasteiger partial charge in [-0.2, -0.15) is 0 Å². The maximum Gasteiger partial charge on any atom is 0.248 e. The van der Waals surface area contributed by atoms with Gasteiger partial charge in [-0.3, -0.25) is 4.79 Å². The number of carbonyl (C=O) groups excluding carboxylic acids is 1. The quantitative estimate of drug-likeness (QED) is 0.601. The first-order chi connectivity index (χ1) is 13.0. The highest BCUT2D eigenvalue weighted by Crippen LogP contribution is 2.17. The zero-order valence-electron chi connectivity index (χ0n) is 15.0. The van der Waals surface area contributed by atoms with Gasteiger partial charge in [0.15, 0.2) is 0 Å². The predicted octanol–water partition coefficient (Wildman–Crippen LogP) is 5.13. The van der Waals surface area contributed by atoms with Crippen LogP contribution in [-0.4, -0.2) is 10.9 Å². The lowest BCUT2D eigenvalue weighted by atomic mass is 10.2. The van der Waals surface area contributed by atoms with Crippen molar-refractivity contribution in [2.75, 3.05) is 5.32 Å². The summed E-state index contributed by atoms with van der Waals surface area (Å²) in [7, 11) is 0. The molecule has 6 heteroatoms. The average Bonchev–Trinajstić information content (AvgIpc) is 3.07. The van der Waals surface area contributed by atoms with Gasteiger partial charge in [-0.05, 0) is 55.3 Å². The fourth-order valence-corrected chi connectivity index (χ4v) is 2.97. The molecule has 0 bridgehead atoms. The highest BCUT2D eigenvalue weighted by Gasteiger charge is 2.05. The third-order valence-corrected chi connectivity index (χ3v) is 4.57. The monoisotopic (exact) mass is 382 g/mol. The Bertz CT molecular complexity index is 965. The van der Waals surface area contributed by atoms with Crippen LogP contribution in [0.4, 0.5) is 10.1 Å². The van der Waals surface area contributed by atoms with Gasteiger partial charge in [-0.1, -0.05) is 18.2 Å². The third-order valence-electron chi connectivity index (χ3n) is 3.74. The fourth-order valence-electron chi connectivity index (χ4n) is 2.37. The molecule has 1 amide bonds. The Morgan fingerprint density at radius 1 is 1.22 bits per heavy atom. The van der Waals surface area contributed by atoms with Crippen LogP contribution < -0.4 is 10.1 Å². The smallest absolute Gasteiger partial charge is 0.248 e. The molecule has 1 N–H and O–H groups in total. The first-order valence-corrected chi connectivity index (χ1v) is 9.26. The number of anilines is 1. The van der Waals surface area contributed by atoms with Crippen molar-refractivity contribution in [1.82, 2.24) is 4.98 Å². The lowest BCUT2D eigenvalue weighted by Gasteiger charge is -2.05. The second kappa shape index (κ2) is 8.60. The van der Waals surface area contributed by atoms with Crippen molar-refractivity contribution in [2.24, 2.45) is 0 Å². The molecule has 0 atom stereocenters. The maximum atomic E-state index is 13.8. The second-order valence-corrected chi connectivity index (χ2v) is 7.08. The molecule has 0 aliphatic carbocycles. The molecule has 0 saturated carbocycles. The molecule has 0 spiro atoms. The van der Waals surface area contributed by atoms with Crippen molar-refractivity contribution in [3.63, 3.8) is 0 Å². The number of amides is 1. The predicted molar refractivity (Wildman–Crippen MR) is 106 cm³/mol. The SMILES string of the molecule is Cc1ccc(NC(=O)/C=C/c2ccc(OCc3csc(C)n3)cc2)c(F)c1. The van der Waals surface area contributed by atoms with Gasteiger partial charge in [-0.15, -0.1) is 11.3 Å². The van der Waals surface area contributed by atoms with E-state index in [1.165, 1.54) is 12.1 Å². The molecule has 0 unspecified atom stereocenters. The van der Waals surface area contributed by atoms with E-state index in [-0.39, 0.29) is 5.69 Å². The van der Waals surface area contributed by atoms with E-state index < -0.39 is 11.7 Å². The van der Waals surface area contributed by atoms with Crippen molar-refractivity contribution in [1.29, 1.82) is 0 Å². The largest absolute Gasteiger partial charge is 0.487 e. The number of hydrogen-bond acceptors (Lipinski definition) is 4. The van der Waals surface area contributed by atoms with E-state index in [1.807, 2.05) is 36.6 Å². The summed E-state index contributed by atoms with van der Waals surface area (Å²) in [6.45, 7) is 4.17. The number of aromatic nitrogens is 1. The third kappa shape index (κ3) is 5.49. The van der Waals surface area contributed by atoms with E-state index in [0.29, 0.717) is 6.61 Å². The number of halogens is 1. The number of carbonyl (C=O) groups is 1. The Hall–Kier alpha value is -2.99. The number of nitrogens with one attached hydrogen (secondary N) is 1. The molecular weight excluding hydrogens is 363 g/mol. The molecule has 1 heterocycles. The van der Waals surface area contributed by atoms with Crippen LogP contribution in [0.5, 0.6) is 5.75 Å². The standard InChI is InChI=1S/C21H19FN2O2S/c1-14-3-9-20(19(22)11-14)24-21(25)10-6-16-4-7-18(8-5-16)26-12-17-13-27-15(2)23-17/h3-11,13H,12H2,1-2H3,(H,24,25)/b10-6+. The zero-order chi connectivity index (χ0) is 19.2. The number of thiazole rings is 1. The van der Waals surface area contributed by atoms with E-state index in [9.17, 15) is 9.18 Å². The number of ether oxygens (including phenoxy) is 1. The minimum Gasteiger partial charge on any atom is -0.487 e. The molecule has 0 saturated heterocycles. The van der Waals surface area contributed by atoms with E-state index >= 15 is 0 Å². The molecule has 27 heavy (non-hydrogen) atoms. The van der Waals surface area contributed by atoms with Crippen molar-refractivity contribution in [2.45, 2.75) is 20.5 Å². The summed E-state index contributed by atoms with van der Waals surface area (Å²) in [5.74, 6) is -0.116. The zero-order valence-corrected chi connectivity index (χ0v) is 15.8. The van der Waals surface area contributed by atoms with E-state index in [4.69, 9.17) is 4.74 Å². The van der Waals surface area contributed by atoms with Gasteiger partial charge >= 0.3 is 0 Å². The Labute approximate surface area is 161 Å². The number of rotatable bonds is 6. The van der Waals surface area contributed by atoms with Crippen LogP contribution in [0.1, 0.15) is 21.8 Å². The van der Waals surface area contributed by atoms with Crippen LogP contribution in [0.15, 0.2) is 53.9 Å². The summed E-state index contributed by atoms with van der Waals surface area (Å²) in [5, 5.41) is 5.51. The molecule has 0 radical (unpaired) electrons. The summed E-state index contributed by atoms with van der Waals surface area (Å²) in [5.41, 5.74) is 2.71. The molecule has 0 aliphatic rings. The number of nitrogens with zero attached hydrogens (tertiary/aromatic N) is 1. The van der Waals surface area contributed by atoms with Crippen LogP contribution in [0, 0.1) is 19.7 Å². The van der Waals surface area contributed by atoms with Gasteiger partial charge in [-0.25, -0.2) is 9.37 Å². The van der Waals surface area contributed by atoms with Gasteiger partial charge in [0.1, 0.15) is 18.2 Å². The van der Waals surface area contributed by atoms with Crippen molar-refractivity contribution < 1.29 is 13.9 Å². The van der Waals surface area contributed by atoms with Crippen LogP contribution in [-0.2, 0) is 11.4 Å². The number of aryl methyl sites for hydroxylation is 2. The molecule has 3 aromatic rings. The fraction of sp³-hybridized carbons (Fsp3) is 0.143. The highest BCUT2D eigenvalue weighted by atomic mass is 32.1. The summed E-state index contributed by atoms with van der Waals surface area (Å²) < 4.78 is 19.4. The van der Waals surface area contributed by atoms with Gasteiger partial charge in [0.05, 0.1) is 16.4 Å². The topological polar surface area (TPSA) is 51.2 Å². The molecule has 2 aromatic carbocycles. The van der Waals surface area contributed by atoms with E-state index in [0.717, 1.165) is 27.6 Å². The van der Waals surface area contributed by atoms with Crippen LogP contribution in [0.2, 0.25) is 0 Å². The summed E-state index contributed by atoms with van der Waals surface area (Å²) in [4.78, 5) is 16.3. The molecule has 138 valence electrons. The first-order valence-electron chi connectivity index (χ1n) is 8.39. The molecule has 4 nitrogen and oxygen atoms in total. The van der Waals surface area contributed by atoms with Crippen molar-refractivity contribution >= 4 is 29.0 Å². The molecule has 0 aliphatic heterocycles. The molecule has 0 fully saturated rings. The summed E-state index contributed by atoms with van der Waals surface area (Å²) in [6.07, 6.45) is 3.03. The Morgan fingerprint density at radius 2 is 2.00 bits per heavy atom. The van der Waals surface area contributed by atoms with Gasteiger partial charge < -0.3 is 10.1 Å². The Morgan fingerprint density at radius 3 is 2.67 bits per heavy atom. The van der Waals surface area contributed by atoms with E-state index in [1.54, 1.807) is 36.5 Å². The Balaban J connectivity index is 1.54. The lowest BCUT2D eigenvalue weighted by Crippen LogP contribution is -2.09. The first kappa shape index (κ1) is 18.8. The minimum atomic E-state index is -0.450. The minimum absolute atomic E-state index is 0.163. The average molecular weight is 382 g/mol. The van der Waals surface area contributed by atoms with Gasteiger partial charge in [0.2, 0.25) is 5.91 Å². The van der Waals surface area contributed by atoms with Crippen LogP contribution in [0.25, 0.3) is 6.08 Å². The van der Waals surface area contributed by atoms with E-state index in [2.05, 4.69) is 10.3 Å². The van der Waals surface area contributed by atoms with Gasteiger partial charge in [0.25, 0.3) is 0 Å². The van der Waals surface area contributed by atoms with Crippen LogP contribution >= 0.6 is 11.3 Å². The van der Waals surface area contributed by atoms with Gasteiger partial charge in [0, 0.05) is 11.5 Å². The molecule has 3 rings (SSSR count). The van der Waals surface area contributed by atoms with Crippen molar-refractivity contribution in [3.8, 4) is 5.75 Å². The summed E-state index contributed by atoms with van der Waals surface area (Å²) >= 11 is 1.59. The number of hydrogen-bond donors (Lipinski definition) is 1. The normalized spacial score (nSPS) is 10.9. The van der Waals surface area contributed by atoms with Crippen LogP contribution in [0.3, 0.4) is 0 Å². The maximum absolute atomic E-state index is 13.8. The lowest BCUT2D eigenvalue weighted by molar-refractivity contribution is -0.111. The highest BCUT2D eigenvalue weighted by molar-refractivity contribution is 7.09. The molecule has 1 aromatic heterocycles. The molecular formula is C21H19FN2O2S. The number of benzene rings is 2. The Kier molecular flexibility index (Phi) is 5.98. The second-order valence-electron chi connectivity index (χ2n) is 6.02.